The van der Waals surface area contributed by atoms with E-state index in [4.69, 9.17) is 36.9 Å². The lowest BCUT2D eigenvalue weighted by Crippen LogP contribution is -2.19. The van der Waals surface area contributed by atoms with Gasteiger partial charge in [0, 0.05) is 17.5 Å². The molecular weight excluding hydrogens is 442 g/mol. The fourth-order valence-electron chi connectivity index (χ4n) is 3.71. The number of thiocarbonyl (C=S) groups is 1. The quantitative estimate of drug-likeness (QED) is 0.315. The van der Waals surface area contributed by atoms with Gasteiger partial charge < -0.3 is 24.7 Å². The van der Waals surface area contributed by atoms with Gasteiger partial charge in [0.25, 0.3) is 0 Å². The van der Waals surface area contributed by atoms with E-state index in [-0.39, 0.29) is 17.9 Å². The lowest BCUT2D eigenvalue weighted by Gasteiger charge is -2.18. The van der Waals surface area contributed by atoms with Crippen LogP contribution in [0.5, 0.6) is 11.5 Å². The van der Waals surface area contributed by atoms with Crippen molar-refractivity contribution in [2.75, 3.05) is 7.11 Å². The van der Waals surface area contributed by atoms with Gasteiger partial charge >= 0.3 is 12.1 Å². The second-order valence-corrected chi connectivity index (χ2v) is 8.17. The van der Waals surface area contributed by atoms with Gasteiger partial charge in [0.05, 0.1) is 7.11 Å². The standard InChI is InChI=1S/C25H27NO6S/c1-15(10-12-20(33)30-13-17-7-5-4-6-8-17)9-11-18-22(29-3)16(2)19-14-31-24(27)21(19)23(18)32-25(26)28/h4-9H,10-14H2,1-3H3,(H2,26,28)/b15-9+. The SMILES string of the molecule is COc1c(C)c2c(c(OC(N)=O)c1C/C=C(\C)CCC(=S)OCc1ccccc1)C(=O)OC2. The van der Waals surface area contributed by atoms with E-state index in [1.54, 1.807) is 0 Å². The molecule has 0 atom stereocenters. The fraction of sp³-hybridized carbons (Fsp3) is 0.320. The van der Waals surface area contributed by atoms with E-state index in [0.29, 0.717) is 47.8 Å². The molecule has 1 aliphatic heterocycles. The van der Waals surface area contributed by atoms with Crippen LogP contribution < -0.4 is 15.2 Å². The molecule has 0 bridgehead atoms. The number of methoxy groups -OCH3 is 1. The van der Waals surface area contributed by atoms with Gasteiger partial charge in [-0.1, -0.05) is 42.0 Å². The van der Waals surface area contributed by atoms with Crippen LogP contribution in [0.2, 0.25) is 0 Å². The Balaban J connectivity index is 1.73. The van der Waals surface area contributed by atoms with Gasteiger partial charge in [0.1, 0.15) is 24.5 Å². The first-order valence-electron chi connectivity index (χ1n) is 10.5. The molecule has 8 heteroatoms. The summed E-state index contributed by atoms with van der Waals surface area (Å²) in [5, 5.41) is 0.540. The maximum absolute atomic E-state index is 12.3. The number of nitrogens with two attached hydrogens (primary N) is 1. The highest BCUT2D eigenvalue weighted by Gasteiger charge is 2.33. The Hall–Kier alpha value is -3.39. The highest BCUT2D eigenvalue weighted by atomic mass is 32.1. The van der Waals surface area contributed by atoms with Gasteiger partial charge in [-0.2, -0.15) is 0 Å². The Labute approximate surface area is 198 Å². The van der Waals surface area contributed by atoms with Crippen molar-refractivity contribution in [1.82, 2.24) is 0 Å². The number of ether oxygens (including phenoxy) is 4. The molecule has 0 fully saturated rings. The number of esters is 1. The van der Waals surface area contributed by atoms with Crippen LogP contribution in [-0.2, 0) is 29.1 Å². The Kier molecular flexibility index (Phi) is 8.06. The summed E-state index contributed by atoms with van der Waals surface area (Å²) in [5.41, 5.74) is 9.59. The highest BCUT2D eigenvalue weighted by molar-refractivity contribution is 7.80. The van der Waals surface area contributed by atoms with Crippen molar-refractivity contribution in [3.63, 3.8) is 0 Å². The molecule has 0 aliphatic carbocycles. The third-order valence-electron chi connectivity index (χ3n) is 5.45. The average Bonchev–Trinajstić information content (AvgIpc) is 3.19. The molecule has 0 spiro atoms. The van der Waals surface area contributed by atoms with Gasteiger partial charge in [-0.15, -0.1) is 0 Å². The van der Waals surface area contributed by atoms with Crippen molar-refractivity contribution in [3.05, 3.63) is 69.8 Å². The highest BCUT2D eigenvalue weighted by Crippen LogP contribution is 2.42. The lowest BCUT2D eigenvalue weighted by molar-refractivity contribution is 0.0533. The summed E-state index contributed by atoms with van der Waals surface area (Å²) >= 11 is 5.35. The minimum absolute atomic E-state index is 0.0909. The number of fused-ring (bicyclic) bond motifs is 1. The molecule has 2 aromatic carbocycles. The third-order valence-corrected chi connectivity index (χ3v) is 5.77. The smallest absolute Gasteiger partial charge is 0.410 e. The topological polar surface area (TPSA) is 97.1 Å². The van der Waals surface area contributed by atoms with Crippen LogP contribution >= 0.6 is 12.2 Å². The molecule has 33 heavy (non-hydrogen) atoms. The molecule has 2 N–H and O–H groups in total. The Morgan fingerprint density at radius 1 is 1.21 bits per heavy atom. The van der Waals surface area contributed by atoms with Gasteiger partial charge in [-0.25, -0.2) is 9.59 Å². The number of carbonyl (C=O) groups is 2. The maximum atomic E-state index is 12.3. The Morgan fingerprint density at radius 2 is 1.94 bits per heavy atom. The minimum Gasteiger partial charge on any atom is -0.496 e. The van der Waals surface area contributed by atoms with Crippen molar-refractivity contribution in [3.8, 4) is 11.5 Å². The molecule has 3 rings (SSSR count). The maximum Gasteiger partial charge on any atom is 0.410 e. The number of cyclic esters (lactones) is 1. The molecule has 2 aromatic rings. The number of allylic oxidation sites excluding steroid dienone is 2. The summed E-state index contributed by atoms with van der Waals surface area (Å²) in [6.07, 6.45) is 2.65. The van der Waals surface area contributed by atoms with Crippen LogP contribution in [0.1, 0.15) is 52.4 Å². The Morgan fingerprint density at radius 3 is 2.61 bits per heavy atom. The zero-order valence-electron chi connectivity index (χ0n) is 18.9. The Bertz CT molecular complexity index is 1090. The van der Waals surface area contributed by atoms with Crippen molar-refractivity contribution < 1.29 is 28.5 Å². The fourth-order valence-corrected chi connectivity index (χ4v) is 3.87. The van der Waals surface area contributed by atoms with Crippen LogP contribution in [-0.4, -0.2) is 24.2 Å². The molecule has 1 amide bonds. The van der Waals surface area contributed by atoms with E-state index in [0.717, 1.165) is 16.7 Å². The summed E-state index contributed by atoms with van der Waals surface area (Å²) in [4.78, 5) is 23.9. The van der Waals surface area contributed by atoms with E-state index in [9.17, 15) is 9.59 Å². The van der Waals surface area contributed by atoms with Crippen LogP contribution in [0.3, 0.4) is 0 Å². The zero-order valence-corrected chi connectivity index (χ0v) is 19.8. The zero-order chi connectivity index (χ0) is 24.0. The second kappa shape index (κ2) is 11.0. The number of benzene rings is 2. The van der Waals surface area contributed by atoms with Crippen LogP contribution in [0.15, 0.2) is 42.0 Å². The monoisotopic (exact) mass is 469 g/mol. The molecule has 0 aromatic heterocycles. The number of amides is 1. The molecule has 0 unspecified atom stereocenters. The molecule has 0 saturated carbocycles. The largest absolute Gasteiger partial charge is 0.496 e. The number of rotatable bonds is 9. The number of primary amides is 1. The summed E-state index contributed by atoms with van der Waals surface area (Å²) in [6, 6.07) is 9.85. The number of hydrogen-bond donors (Lipinski definition) is 1. The summed E-state index contributed by atoms with van der Waals surface area (Å²) in [5.74, 6) is 0.0807. The van der Waals surface area contributed by atoms with E-state index in [2.05, 4.69) is 0 Å². The lowest BCUT2D eigenvalue weighted by atomic mass is 9.94. The van der Waals surface area contributed by atoms with Crippen molar-refractivity contribution >= 4 is 29.3 Å². The van der Waals surface area contributed by atoms with E-state index in [1.807, 2.05) is 50.3 Å². The molecule has 174 valence electrons. The average molecular weight is 470 g/mol. The number of hydrogen-bond acceptors (Lipinski definition) is 7. The van der Waals surface area contributed by atoms with E-state index in [1.165, 1.54) is 7.11 Å². The minimum atomic E-state index is -1.01. The first-order chi connectivity index (χ1) is 15.8. The summed E-state index contributed by atoms with van der Waals surface area (Å²) in [6.45, 7) is 4.37. The molecule has 1 heterocycles. The molecular formula is C25H27NO6S. The third kappa shape index (κ3) is 5.90. The van der Waals surface area contributed by atoms with Crippen molar-refractivity contribution in [2.45, 2.75) is 46.3 Å². The van der Waals surface area contributed by atoms with Crippen LogP contribution in [0, 0.1) is 6.92 Å². The van der Waals surface area contributed by atoms with E-state index < -0.39 is 12.1 Å². The molecule has 0 radical (unpaired) electrons. The summed E-state index contributed by atoms with van der Waals surface area (Å²) in [7, 11) is 1.53. The van der Waals surface area contributed by atoms with Crippen molar-refractivity contribution in [1.29, 1.82) is 0 Å². The van der Waals surface area contributed by atoms with Gasteiger partial charge in [0.2, 0.25) is 0 Å². The normalized spacial score (nSPS) is 12.7. The molecule has 1 aliphatic rings. The van der Waals surface area contributed by atoms with Crippen molar-refractivity contribution in [2.24, 2.45) is 5.73 Å². The summed E-state index contributed by atoms with van der Waals surface area (Å²) < 4.78 is 21.7. The number of carbonyl (C=O) groups excluding carboxylic acids is 2. The van der Waals surface area contributed by atoms with Crippen LogP contribution in [0.25, 0.3) is 0 Å². The second-order valence-electron chi connectivity index (χ2n) is 7.72. The predicted molar refractivity (Wildman–Crippen MR) is 128 cm³/mol. The molecule has 0 saturated heterocycles. The molecule has 7 nitrogen and oxygen atoms in total. The van der Waals surface area contributed by atoms with E-state index >= 15 is 0 Å². The predicted octanol–water partition coefficient (Wildman–Crippen LogP) is 4.94. The van der Waals surface area contributed by atoms with Gasteiger partial charge in [0.15, 0.2) is 10.8 Å². The first kappa shape index (κ1) is 24.3. The van der Waals surface area contributed by atoms with Gasteiger partial charge in [-0.05, 0) is 50.0 Å². The first-order valence-corrected chi connectivity index (χ1v) is 10.9. The van der Waals surface area contributed by atoms with Crippen LogP contribution in [0.4, 0.5) is 4.79 Å². The van der Waals surface area contributed by atoms with Gasteiger partial charge in [-0.3, -0.25) is 0 Å².